The average Bonchev–Trinajstić information content (AvgIpc) is 3.00. The van der Waals surface area contributed by atoms with E-state index in [2.05, 4.69) is 5.32 Å². The molecule has 1 aromatic rings. The number of carbonyl (C=O) groups is 1. The van der Waals surface area contributed by atoms with Crippen molar-refractivity contribution in [2.24, 2.45) is 0 Å². The van der Waals surface area contributed by atoms with Gasteiger partial charge in [0.2, 0.25) is 0 Å². The molecule has 1 fully saturated rings. The van der Waals surface area contributed by atoms with Gasteiger partial charge in [-0.2, -0.15) is 0 Å². The molecule has 0 spiro atoms. The summed E-state index contributed by atoms with van der Waals surface area (Å²) in [6.45, 7) is 3.72. The summed E-state index contributed by atoms with van der Waals surface area (Å²) in [4.78, 5) is 14.4. The number of nitrogens with zero attached hydrogens (tertiary/aromatic N) is 1. The average molecular weight is 315 g/mol. The van der Waals surface area contributed by atoms with E-state index in [1.54, 1.807) is 31.3 Å². The molecule has 118 valence electrons. The standard InChI is InChI=1S/C15H22N2O3.ClH/c1-10-13(19-3)7-11(8-14(10)20-4)15(18)17(2)12-5-6-16-9-12;/h7-8,12,16H,5-6,9H2,1-4H3;1H. The second-order valence-electron chi connectivity index (χ2n) is 5.07. The maximum atomic E-state index is 12.6. The van der Waals surface area contributed by atoms with E-state index in [9.17, 15) is 4.79 Å². The molecule has 0 radical (unpaired) electrons. The molecule has 1 aliphatic rings. The van der Waals surface area contributed by atoms with Crippen LogP contribution >= 0.6 is 12.4 Å². The Kier molecular flexibility index (Phi) is 6.30. The Labute approximate surface area is 132 Å². The zero-order valence-electron chi connectivity index (χ0n) is 12.9. The maximum Gasteiger partial charge on any atom is 0.254 e. The van der Waals surface area contributed by atoms with Gasteiger partial charge in [0, 0.05) is 30.8 Å². The van der Waals surface area contributed by atoms with Gasteiger partial charge in [0.15, 0.2) is 0 Å². The maximum absolute atomic E-state index is 12.6. The minimum Gasteiger partial charge on any atom is -0.496 e. The fourth-order valence-corrected chi connectivity index (χ4v) is 2.55. The first kappa shape index (κ1) is 17.6. The third-order valence-electron chi connectivity index (χ3n) is 3.90. The molecule has 1 aromatic carbocycles. The van der Waals surface area contributed by atoms with Gasteiger partial charge < -0.3 is 19.7 Å². The van der Waals surface area contributed by atoms with Crippen LogP contribution in [0.1, 0.15) is 22.3 Å². The smallest absolute Gasteiger partial charge is 0.254 e. The van der Waals surface area contributed by atoms with E-state index < -0.39 is 0 Å². The Morgan fingerprint density at radius 2 is 1.86 bits per heavy atom. The topological polar surface area (TPSA) is 50.8 Å². The summed E-state index contributed by atoms with van der Waals surface area (Å²) >= 11 is 0. The molecule has 0 bridgehead atoms. The number of carbonyl (C=O) groups excluding carboxylic acids is 1. The van der Waals surface area contributed by atoms with Crippen molar-refractivity contribution in [3.63, 3.8) is 0 Å². The highest BCUT2D eigenvalue weighted by Gasteiger charge is 2.25. The number of likely N-dealkylation sites (N-methyl/N-ethyl adjacent to an activating group) is 1. The molecule has 0 aromatic heterocycles. The zero-order valence-corrected chi connectivity index (χ0v) is 13.8. The number of benzene rings is 1. The molecule has 0 aliphatic carbocycles. The highest BCUT2D eigenvalue weighted by atomic mass is 35.5. The van der Waals surface area contributed by atoms with Gasteiger partial charge in [0.05, 0.1) is 14.2 Å². The van der Waals surface area contributed by atoms with E-state index >= 15 is 0 Å². The van der Waals surface area contributed by atoms with Gasteiger partial charge in [-0.15, -0.1) is 12.4 Å². The molecule has 1 heterocycles. The minimum atomic E-state index is -0.00435. The molecule has 1 atom stereocenters. The first-order valence-electron chi connectivity index (χ1n) is 6.79. The largest absolute Gasteiger partial charge is 0.496 e. The monoisotopic (exact) mass is 314 g/mol. The van der Waals surface area contributed by atoms with Gasteiger partial charge in [0.25, 0.3) is 5.91 Å². The van der Waals surface area contributed by atoms with Crippen molar-refractivity contribution >= 4 is 18.3 Å². The molecule has 0 saturated carbocycles. The van der Waals surface area contributed by atoms with Crippen LogP contribution in [0, 0.1) is 6.92 Å². The number of rotatable bonds is 4. The van der Waals surface area contributed by atoms with E-state index in [-0.39, 0.29) is 24.4 Å². The van der Waals surface area contributed by atoms with Gasteiger partial charge in [-0.05, 0) is 32.0 Å². The van der Waals surface area contributed by atoms with Crippen LogP contribution in [-0.4, -0.2) is 51.2 Å². The van der Waals surface area contributed by atoms with Crippen molar-refractivity contribution in [1.29, 1.82) is 0 Å². The second kappa shape index (κ2) is 7.52. The Morgan fingerprint density at radius 3 is 2.29 bits per heavy atom. The van der Waals surface area contributed by atoms with Crippen molar-refractivity contribution in [2.75, 3.05) is 34.4 Å². The molecule has 21 heavy (non-hydrogen) atoms. The molecular weight excluding hydrogens is 292 g/mol. The van der Waals surface area contributed by atoms with E-state index in [4.69, 9.17) is 9.47 Å². The molecular formula is C15H23ClN2O3. The second-order valence-corrected chi connectivity index (χ2v) is 5.07. The molecule has 2 rings (SSSR count). The van der Waals surface area contributed by atoms with Crippen LogP contribution in [0.2, 0.25) is 0 Å². The first-order valence-corrected chi connectivity index (χ1v) is 6.79. The Morgan fingerprint density at radius 1 is 1.29 bits per heavy atom. The van der Waals surface area contributed by atoms with Gasteiger partial charge in [-0.1, -0.05) is 0 Å². The van der Waals surface area contributed by atoms with Gasteiger partial charge in [-0.25, -0.2) is 0 Å². The molecule has 1 aliphatic heterocycles. The lowest BCUT2D eigenvalue weighted by Crippen LogP contribution is -2.38. The Bertz CT molecular complexity index is 477. The lowest BCUT2D eigenvalue weighted by atomic mass is 10.1. The predicted octanol–water partition coefficient (Wildman–Crippen LogP) is 1.87. The van der Waals surface area contributed by atoms with Crippen molar-refractivity contribution in [1.82, 2.24) is 10.2 Å². The SMILES string of the molecule is COc1cc(C(=O)N(C)C2CCNC2)cc(OC)c1C.Cl. The highest BCUT2D eigenvalue weighted by molar-refractivity contribution is 5.95. The summed E-state index contributed by atoms with van der Waals surface area (Å²) in [5.74, 6) is 1.34. The van der Waals surface area contributed by atoms with Gasteiger partial charge in [0.1, 0.15) is 11.5 Å². The number of amides is 1. The number of methoxy groups -OCH3 is 2. The van der Waals surface area contributed by atoms with Crippen LogP contribution in [-0.2, 0) is 0 Å². The van der Waals surface area contributed by atoms with E-state index in [0.29, 0.717) is 17.1 Å². The molecule has 1 N–H and O–H groups in total. The lowest BCUT2D eigenvalue weighted by molar-refractivity contribution is 0.0743. The molecule has 1 unspecified atom stereocenters. The highest BCUT2D eigenvalue weighted by Crippen LogP contribution is 2.30. The first-order chi connectivity index (χ1) is 9.58. The van der Waals surface area contributed by atoms with E-state index in [1.807, 2.05) is 14.0 Å². The minimum absolute atomic E-state index is 0. The summed E-state index contributed by atoms with van der Waals surface area (Å²) in [7, 11) is 5.04. The van der Waals surface area contributed by atoms with Crippen LogP contribution in [0.3, 0.4) is 0 Å². The predicted molar refractivity (Wildman–Crippen MR) is 84.9 cm³/mol. The Hall–Kier alpha value is -1.46. The van der Waals surface area contributed by atoms with Crippen molar-refractivity contribution < 1.29 is 14.3 Å². The van der Waals surface area contributed by atoms with Crippen LogP contribution in [0.15, 0.2) is 12.1 Å². The zero-order chi connectivity index (χ0) is 14.7. The third-order valence-corrected chi connectivity index (χ3v) is 3.90. The van der Waals surface area contributed by atoms with Crippen molar-refractivity contribution in [3.05, 3.63) is 23.3 Å². The van der Waals surface area contributed by atoms with Crippen LogP contribution in [0.4, 0.5) is 0 Å². The third kappa shape index (κ3) is 3.60. The van der Waals surface area contributed by atoms with E-state index in [1.165, 1.54) is 0 Å². The Balaban J connectivity index is 0.00000220. The van der Waals surface area contributed by atoms with Crippen molar-refractivity contribution in [2.45, 2.75) is 19.4 Å². The number of ether oxygens (including phenoxy) is 2. The number of halogens is 1. The fourth-order valence-electron chi connectivity index (χ4n) is 2.55. The summed E-state index contributed by atoms with van der Waals surface area (Å²) < 4.78 is 10.6. The van der Waals surface area contributed by atoms with Crippen molar-refractivity contribution in [3.8, 4) is 11.5 Å². The molecule has 6 heteroatoms. The molecule has 1 amide bonds. The van der Waals surface area contributed by atoms with Gasteiger partial charge >= 0.3 is 0 Å². The summed E-state index contributed by atoms with van der Waals surface area (Å²) in [6, 6.07) is 3.80. The quantitative estimate of drug-likeness (QED) is 0.922. The normalized spacial score (nSPS) is 17.0. The summed E-state index contributed by atoms with van der Waals surface area (Å²) in [5.41, 5.74) is 1.50. The molecule has 5 nitrogen and oxygen atoms in total. The lowest BCUT2D eigenvalue weighted by Gasteiger charge is -2.24. The summed E-state index contributed by atoms with van der Waals surface area (Å²) in [6.07, 6.45) is 0.988. The van der Waals surface area contributed by atoms with Crippen LogP contribution in [0.25, 0.3) is 0 Å². The molecule has 1 saturated heterocycles. The number of hydrogen-bond acceptors (Lipinski definition) is 4. The summed E-state index contributed by atoms with van der Waals surface area (Å²) in [5, 5.41) is 3.27. The van der Waals surface area contributed by atoms with Gasteiger partial charge in [-0.3, -0.25) is 4.79 Å². The number of nitrogens with one attached hydrogen (secondary N) is 1. The van der Waals surface area contributed by atoms with E-state index in [0.717, 1.165) is 25.1 Å². The van der Waals surface area contributed by atoms with Crippen LogP contribution in [0.5, 0.6) is 11.5 Å². The fraction of sp³-hybridized carbons (Fsp3) is 0.533. The van der Waals surface area contributed by atoms with Crippen LogP contribution < -0.4 is 14.8 Å². The number of hydrogen-bond donors (Lipinski definition) is 1.